The Morgan fingerprint density at radius 2 is 2.00 bits per heavy atom. The third kappa shape index (κ3) is 4.58. The molecule has 100 valence electrons. The maximum Gasteiger partial charge on any atom is 0.516 e. The molecule has 0 aliphatic rings. The van der Waals surface area contributed by atoms with Gasteiger partial charge in [-0.2, -0.15) is 4.79 Å². The Labute approximate surface area is 112 Å². The molecule has 0 saturated heterocycles. The second kappa shape index (κ2) is 5.20. The molecule has 6 heteroatoms. The van der Waals surface area contributed by atoms with Crippen LogP contribution < -0.4 is 0 Å². The van der Waals surface area contributed by atoms with Crippen molar-refractivity contribution >= 4 is 17.7 Å². The highest BCUT2D eigenvalue weighted by molar-refractivity contribution is 6.29. The van der Waals surface area contributed by atoms with E-state index in [9.17, 15) is 4.79 Å². The molecular weight excluding hydrogens is 254 g/mol. The Morgan fingerprint density at radius 1 is 1.39 bits per heavy atom. The highest BCUT2D eigenvalue weighted by atomic mass is 35.5. The summed E-state index contributed by atoms with van der Waals surface area (Å²) in [6.45, 7) is 5.92. The van der Waals surface area contributed by atoms with Crippen LogP contribution in [0.25, 0.3) is 0 Å². The summed E-state index contributed by atoms with van der Waals surface area (Å²) in [4.78, 5) is 19.9. The van der Waals surface area contributed by atoms with Gasteiger partial charge in [-0.05, 0) is 20.8 Å². The van der Waals surface area contributed by atoms with Crippen LogP contribution in [0.5, 0.6) is 0 Å². The molecule has 0 radical (unpaired) electrons. The summed E-state index contributed by atoms with van der Waals surface area (Å²) in [5, 5.41) is 0.365. The molecule has 1 aromatic rings. The van der Waals surface area contributed by atoms with Crippen molar-refractivity contribution in [2.24, 2.45) is 0 Å². The van der Waals surface area contributed by atoms with Gasteiger partial charge in [0.2, 0.25) is 0 Å². The van der Waals surface area contributed by atoms with Gasteiger partial charge >= 0.3 is 6.09 Å². The summed E-state index contributed by atoms with van der Waals surface area (Å²) in [6, 6.07) is 1.64. The lowest BCUT2D eigenvalue weighted by Gasteiger charge is -2.29. The summed E-state index contributed by atoms with van der Waals surface area (Å²) in [6.07, 6.45) is 1.07. The maximum atomic E-state index is 12.0. The standard InChI is InChI=1S/C12H19ClN3O2/c1-12(2,3)18-11(17)16(4,5)7-9-6-10(13)15-8-14-9/h6,8H,7H2,1-5H3/q+1. The molecule has 1 amide bonds. The number of hydrogen-bond donors (Lipinski definition) is 0. The smallest absolute Gasteiger partial charge is 0.414 e. The number of amides is 1. The van der Waals surface area contributed by atoms with Crippen LogP contribution in [0.3, 0.4) is 0 Å². The van der Waals surface area contributed by atoms with E-state index in [0.717, 1.165) is 0 Å². The highest BCUT2D eigenvalue weighted by Gasteiger charge is 2.33. The van der Waals surface area contributed by atoms with Crippen molar-refractivity contribution < 1.29 is 14.0 Å². The predicted octanol–water partition coefficient (Wildman–Crippen LogP) is 2.64. The van der Waals surface area contributed by atoms with Crippen LogP contribution >= 0.6 is 11.6 Å². The van der Waals surface area contributed by atoms with Gasteiger partial charge in [0.15, 0.2) is 0 Å². The second-order valence-electron chi connectivity index (χ2n) is 5.66. The fourth-order valence-corrected chi connectivity index (χ4v) is 1.48. The number of hydrogen-bond acceptors (Lipinski definition) is 4. The Balaban J connectivity index is 2.78. The fourth-order valence-electron chi connectivity index (χ4n) is 1.31. The Hall–Kier alpha value is -1.20. The minimum Gasteiger partial charge on any atom is -0.414 e. The molecule has 0 saturated carbocycles. The van der Waals surface area contributed by atoms with Gasteiger partial charge in [-0.1, -0.05) is 11.6 Å². The number of carbonyl (C=O) groups is 1. The van der Waals surface area contributed by atoms with Crippen molar-refractivity contribution in [2.45, 2.75) is 32.9 Å². The molecular formula is C12H19ClN3O2+. The number of quaternary nitrogens is 1. The molecule has 0 aliphatic heterocycles. The minimum atomic E-state index is -0.504. The quantitative estimate of drug-likeness (QED) is 0.613. The minimum absolute atomic E-state index is 0.0462. The molecule has 0 bridgehead atoms. The summed E-state index contributed by atoms with van der Waals surface area (Å²) < 4.78 is 5.41. The van der Waals surface area contributed by atoms with Gasteiger partial charge in [-0.15, -0.1) is 0 Å². The normalized spacial score (nSPS) is 12.3. The van der Waals surface area contributed by atoms with Crippen LogP contribution in [0, 0.1) is 0 Å². The van der Waals surface area contributed by atoms with Crippen LogP contribution in [-0.2, 0) is 11.3 Å². The first-order valence-electron chi connectivity index (χ1n) is 5.63. The van der Waals surface area contributed by atoms with Crippen LogP contribution in [0.4, 0.5) is 4.79 Å². The van der Waals surface area contributed by atoms with E-state index in [1.807, 2.05) is 20.8 Å². The van der Waals surface area contributed by atoms with Gasteiger partial charge in [0, 0.05) is 6.07 Å². The van der Waals surface area contributed by atoms with Crippen molar-refractivity contribution in [3.05, 3.63) is 23.2 Å². The molecule has 5 nitrogen and oxygen atoms in total. The average Bonchev–Trinajstić information content (AvgIpc) is 2.13. The number of aromatic nitrogens is 2. The Morgan fingerprint density at radius 3 is 2.50 bits per heavy atom. The maximum absolute atomic E-state index is 12.0. The van der Waals surface area contributed by atoms with Gasteiger partial charge in [0.1, 0.15) is 29.3 Å². The number of rotatable bonds is 2. The Bertz CT molecular complexity index is 441. The van der Waals surface area contributed by atoms with Crippen molar-refractivity contribution in [2.75, 3.05) is 14.1 Å². The molecule has 0 fully saturated rings. The van der Waals surface area contributed by atoms with E-state index in [0.29, 0.717) is 17.4 Å². The topological polar surface area (TPSA) is 52.1 Å². The predicted molar refractivity (Wildman–Crippen MR) is 69.1 cm³/mol. The number of nitrogens with zero attached hydrogens (tertiary/aromatic N) is 3. The first-order valence-corrected chi connectivity index (χ1v) is 6.01. The van der Waals surface area contributed by atoms with Crippen LogP contribution in [0.15, 0.2) is 12.4 Å². The van der Waals surface area contributed by atoms with Crippen molar-refractivity contribution in [1.29, 1.82) is 0 Å². The van der Waals surface area contributed by atoms with E-state index >= 15 is 0 Å². The largest absolute Gasteiger partial charge is 0.516 e. The second-order valence-corrected chi connectivity index (χ2v) is 6.04. The molecule has 0 unspecified atom stereocenters. The zero-order chi connectivity index (χ0) is 14.0. The lowest BCUT2D eigenvalue weighted by Crippen LogP contribution is -2.47. The van der Waals surface area contributed by atoms with Crippen molar-refractivity contribution in [3.63, 3.8) is 0 Å². The highest BCUT2D eigenvalue weighted by Crippen LogP contribution is 2.16. The van der Waals surface area contributed by atoms with Crippen LogP contribution in [0.1, 0.15) is 26.5 Å². The van der Waals surface area contributed by atoms with E-state index in [4.69, 9.17) is 16.3 Å². The lowest BCUT2D eigenvalue weighted by molar-refractivity contribution is -0.832. The van der Waals surface area contributed by atoms with E-state index < -0.39 is 5.60 Å². The average molecular weight is 273 g/mol. The van der Waals surface area contributed by atoms with Gasteiger partial charge < -0.3 is 4.74 Å². The SMILES string of the molecule is CC(C)(C)OC(=O)[N+](C)(C)Cc1cc(Cl)ncn1. The zero-order valence-electron chi connectivity index (χ0n) is 11.4. The van der Waals surface area contributed by atoms with Gasteiger partial charge in [0.05, 0.1) is 14.1 Å². The van der Waals surface area contributed by atoms with Crippen molar-refractivity contribution in [1.82, 2.24) is 9.97 Å². The molecule has 1 aromatic heterocycles. The number of carbonyl (C=O) groups excluding carboxylic acids is 1. The van der Waals surface area contributed by atoms with Crippen molar-refractivity contribution in [3.8, 4) is 0 Å². The van der Waals surface area contributed by atoms with Gasteiger partial charge in [-0.3, -0.25) is 0 Å². The van der Waals surface area contributed by atoms with E-state index in [-0.39, 0.29) is 10.6 Å². The molecule has 0 atom stereocenters. The number of halogens is 1. The molecule has 0 spiro atoms. The molecule has 0 aliphatic carbocycles. The first-order chi connectivity index (χ1) is 8.10. The molecule has 0 aromatic carbocycles. The monoisotopic (exact) mass is 272 g/mol. The summed E-state index contributed by atoms with van der Waals surface area (Å²) in [5.41, 5.74) is 0.196. The molecule has 1 rings (SSSR count). The summed E-state index contributed by atoms with van der Waals surface area (Å²) in [7, 11) is 3.54. The Kier molecular flexibility index (Phi) is 4.29. The zero-order valence-corrected chi connectivity index (χ0v) is 12.2. The first kappa shape index (κ1) is 14.9. The summed E-state index contributed by atoms with van der Waals surface area (Å²) in [5.74, 6) is 0. The van der Waals surface area contributed by atoms with Gasteiger partial charge in [0.25, 0.3) is 0 Å². The van der Waals surface area contributed by atoms with E-state index in [1.165, 1.54) is 6.33 Å². The third-order valence-corrected chi connectivity index (χ3v) is 2.34. The van der Waals surface area contributed by atoms with Gasteiger partial charge in [-0.25, -0.2) is 14.5 Å². The van der Waals surface area contributed by atoms with E-state index in [1.54, 1.807) is 20.2 Å². The fraction of sp³-hybridized carbons (Fsp3) is 0.583. The van der Waals surface area contributed by atoms with Crippen LogP contribution in [-0.4, -0.2) is 40.2 Å². The molecule has 0 N–H and O–H groups in total. The van der Waals surface area contributed by atoms with Crippen LogP contribution in [0.2, 0.25) is 5.15 Å². The molecule has 18 heavy (non-hydrogen) atoms. The van der Waals surface area contributed by atoms with E-state index in [2.05, 4.69) is 9.97 Å². The molecule has 1 heterocycles. The summed E-state index contributed by atoms with van der Waals surface area (Å²) >= 11 is 5.79. The number of ether oxygens (including phenoxy) is 1. The third-order valence-electron chi connectivity index (χ3n) is 2.14. The lowest BCUT2D eigenvalue weighted by atomic mass is 10.2.